The van der Waals surface area contributed by atoms with Gasteiger partial charge in [0, 0.05) is 0 Å². The number of carbonyl (C=O) groups excluding carboxylic acids is 1. The summed E-state index contributed by atoms with van der Waals surface area (Å²) in [6, 6.07) is 13.3. The molecule has 2 aromatic carbocycles. The van der Waals surface area contributed by atoms with Crippen molar-refractivity contribution in [1.29, 1.82) is 5.26 Å². The number of rotatable bonds is 12. The van der Waals surface area contributed by atoms with Crippen LogP contribution in [0, 0.1) is 14.9 Å². The Balaban J connectivity index is 1.68. The number of para-hydroxylation sites is 1. The topological polar surface area (TPSA) is 106 Å². The Hall–Kier alpha value is -3.43. The number of amides is 1. The second-order valence-electron chi connectivity index (χ2n) is 7.31. The van der Waals surface area contributed by atoms with Gasteiger partial charge in [0.1, 0.15) is 35.6 Å². The van der Waals surface area contributed by atoms with Gasteiger partial charge in [-0.15, -0.1) is 16.8 Å². The average Bonchev–Trinajstić information content (AvgIpc) is 3.34. The Morgan fingerprint density at radius 2 is 2.00 bits per heavy atom. The molecule has 0 saturated carbocycles. The maximum Gasteiger partial charge on any atom is 0.268 e. The van der Waals surface area contributed by atoms with Crippen LogP contribution in [0.4, 0.5) is 5.13 Å². The highest BCUT2D eigenvalue weighted by Gasteiger charge is 2.15. The highest BCUT2D eigenvalue weighted by molar-refractivity contribution is 14.1. The zero-order valence-corrected chi connectivity index (χ0v) is 22.9. The zero-order chi connectivity index (χ0) is 25.9. The second kappa shape index (κ2) is 13.6. The second-order valence-corrected chi connectivity index (χ2v) is 9.53. The molecule has 3 rings (SSSR count). The molecule has 36 heavy (non-hydrogen) atoms. The number of hydrogen-bond donors (Lipinski definition) is 1. The molecule has 0 aliphatic heterocycles. The first-order valence-corrected chi connectivity index (χ1v) is 13.0. The van der Waals surface area contributed by atoms with E-state index >= 15 is 0 Å². The van der Waals surface area contributed by atoms with E-state index in [1.165, 1.54) is 24.5 Å². The highest BCUT2D eigenvalue weighted by atomic mass is 127. The Morgan fingerprint density at radius 3 is 2.69 bits per heavy atom. The van der Waals surface area contributed by atoms with Crippen LogP contribution in [0.2, 0.25) is 0 Å². The highest BCUT2D eigenvalue weighted by Crippen LogP contribution is 2.34. The van der Waals surface area contributed by atoms with Gasteiger partial charge in [-0.2, -0.15) is 5.26 Å². The predicted octanol–water partition coefficient (Wildman–Crippen LogP) is 5.45. The summed E-state index contributed by atoms with van der Waals surface area (Å²) in [5.74, 6) is 1.28. The van der Waals surface area contributed by atoms with Crippen LogP contribution in [0.3, 0.4) is 0 Å². The molecule has 0 fully saturated rings. The molecule has 0 unspecified atom stereocenters. The molecule has 8 nitrogen and oxygen atoms in total. The number of aryl methyl sites for hydroxylation is 1. The van der Waals surface area contributed by atoms with Crippen molar-refractivity contribution in [1.82, 2.24) is 10.2 Å². The van der Waals surface area contributed by atoms with E-state index < -0.39 is 5.91 Å². The Kier molecular flexibility index (Phi) is 10.3. The van der Waals surface area contributed by atoms with Crippen molar-refractivity contribution >= 4 is 51.0 Å². The van der Waals surface area contributed by atoms with E-state index in [2.05, 4.69) is 44.7 Å². The summed E-state index contributed by atoms with van der Waals surface area (Å²) in [7, 11) is 1.53. The van der Waals surface area contributed by atoms with E-state index in [1.54, 1.807) is 6.07 Å². The fourth-order valence-electron chi connectivity index (χ4n) is 3.15. The number of aromatic nitrogens is 2. The molecular formula is C26H25IN4O4S. The standard InChI is InChI=1S/C26H25IN4O4S/c1-4-8-18-9-6-7-10-21(18)34-11-12-35-24-20(27)14-17(15-22(24)33-3)13-19(16-28)25(32)29-26-31-30-23(5-2)36-26/h4,6-7,9-10,13-15H,1,5,8,11-12H2,2-3H3,(H,29,31,32). The van der Waals surface area contributed by atoms with Crippen LogP contribution in [0.15, 0.2) is 54.6 Å². The van der Waals surface area contributed by atoms with Gasteiger partial charge in [0.15, 0.2) is 11.5 Å². The number of benzene rings is 2. The van der Waals surface area contributed by atoms with Crippen LogP contribution >= 0.6 is 33.9 Å². The lowest BCUT2D eigenvalue weighted by Gasteiger charge is -2.15. The van der Waals surface area contributed by atoms with Crippen LogP contribution in [0.5, 0.6) is 17.2 Å². The van der Waals surface area contributed by atoms with Gasteiger partial charge in [0.25, 0.3) is 5.91 Å². The van der Waals surface area contributed by atoms with Crippen molar-refractivity contribution in [3.8, 4) is 23.3 Å². The van der Waals surface area contributed by atoms with Gasteiger partial charge in [-0.3, -0.25) is 10.1 Å². The van der Waals surface area contributed by atoms with Gasteiger partial charge in [0.05, 0.1) is 10.7 Å². The lowest BCUT2D eigenvalue weighted by atomic mass is 10.1. The van der Waals surface area contributed by atoms with Crippen molar-refractivity contribution in [3.05, 3.63) is 74.3 Å². The van der Waals surface area contributed by atoms with Crippen molar-refractivity contribution in [2.75, 3.05) is 25.6 Å². The number of allylic oxidation sites excluding steroid dienone is 1. The SMILES string of the molecule is C=CCc1ccccc1OCCOc1c(I)cc(C=C(C#N)C(=O)Nc2nnc(CC)s2)cc1OC. The molecule has 0 bridgehead atoms. The molecule has 1 amide bonds. The summed E-state index contributed by atoms with van der Waals surface area (Å²) < 4.78 is 18.1. The number of carbonyl (C=O) groups is 1. The Labute approximate surface area is 227 Å². The summed E-state index contributed by atoms with van der Waals surface area (Å²) in [6.07, 6.45) is 4.77. The third-order valence-corrected chi connectivity index (χ3v) is 6.63. The molecule has 0 aliphatic carbocycles. The van der Waals surface area contributed by atoms with E-state index in [1.807, 2.05) is 49.4 Å². The van der Waals surface area contributed by atoms with Crippen LogP contribution in [0.1, 0.15) is 23.1 Å². The first-order chi connectivity index (χ1) is 17.5. The number of halogens is 1. The minimum absolute atomic E-state index is 0.0682. The van der Waals surface area contributed by atoms with Gasteiger partial charge < -0.3 is 14.2 Å². The van der Waals surface area contributed by atoms with Gasteiger partial charge in [-0.25, -0.2) is 0 Å². The molecule has 0 aliphatic rings. The zero-order valence-electron chi connectivity index (χ0n) is 19.9. The number of anilines is 1. The maximum atomic E-state index is 12.6. The van der Waals surface area contributed by atoms with Crippen LogP contribution in [0.25, 0.3) is 6.08 Å². The fourth-order valence-corrected chi connectivity index (χ4v) is 4.61. The quantitative estimate of drug-likeness (QED) is 0.0949. The third-order valence-electron chi connectivity index (χ3n) is 4.84. The van der Waals surface area contributed by atoms with Gasteiger partial charge in [-0.05, 0) is 70.8 Å². The first kappa shape index (κ1) is 27.2. The van der Waals surface area contributed by atoms with Gasteiger partial charge in [0.2, 0.25) is 5.13 Å². The van der Waals surface area contributed by atoms with E-state index in [-0.39, 0.29) is 5.57 Å². The third kappa shape index (κ3) is 7.29. The van der Waals surface area contributed by atoms with Crippen molar-refractivity contribution < 1.29 is 19.0 Å². The van der Waals surface area contributed by atoms with E-state index in [9.17, 15) is 10.1 Å². The average molecular weight is 616 g/mol. The van der Waals surface area contributed by atoms with Crippen molar-refractivity contribution in [2.24, 2.45) is 0 Å². The normalized spacial score (nSPS) is 10.9. The summed E-state index contributed by atoms with van der Waals surface area (Å²) in [6.45, 7) is 6.38. The van der Waals surface area contributed by atoms with Crippen LogP contribution in [-0.4, -0.2) is 36.4 Å². The molecule has 0 spiro atoms. The molecule has 1 heterocycles. The molecule has 1 aromatic heterocycles. The molecule has 186 valence electrons. The molecule has 3 aromatic rings. The van der Waals surface area contributed by atoms with Gasteiger partial charge >= 0.3 is 0 Å². The van der Waals surface area contributed by atoms with E-state index in [4.69, 9.17) is 14.2 Å². The molecule has 0 radical (unpaired) electrons. The number of nitriles is 1. The Morgan fingerprint density at radius 1 is 1.22 bits per heavy atom. The summed E-state index contributed by atoms with van der Waals surface area (Å²) in [5, 5.41) is 21.2. The molecular weight excluding hydrogens is 591 g/mol. The largest absolute Gasteiger partial charge is 0.493 e. The van der Waals surface area contributed by atoms with Crippen molar-refractivity contribution in [2.45, 2.75) is 19.8 Å². The van der Waals surface area contributed by atoms with Crippen LogP contribution in [-0.2, 0) is 17.6 Å². The van der Waals surface area contributed by atoms with Gasteiger partial charge in [-0.1, -0.05) is 42.5 Å². The summed E-state index contributed by atoms with van der Waals surface area (Å²) >= 11 is 3.40. The lowest BCUT2D eigenvalue weighted by Crippen LogP contribution is -2.13. The fraction of sp³-hybridized carbons (Fsp3) is 0.231. The summed E-state index contributed by atoms with van der Waals surface area (Å²) in [5.41, 5.74) is 1.61. The maximum absolute atomic E-state index is 12.6. The van der Waals surface area contributed by atoms with Crippen molar-refractivity contribution in [3.63, 3.8) is 0 Å². The first-order valence-electron chi connectivity index (χ1n) is 11.1. The number of nitrogens with one attached hydrogen (secondary N) is 1. The lowest BCUT2D eigenvalue weighted by molar-refractivity contribution is -0.112. The monoisotopic (exact) mass is 616 g/mol. The van der Waals surface area contributed by atoms with Crippen LogP contribution < -0.4 is 19.5 Å². The minimum atomic E-state index is -0.556. The predicted molar refractivity (Wildman–Crippen MR) is 149 cm³/mol. The number of methoxy groups -OCH3 is 1. The van der Waals surface area contributed by atoms with E-state index in [0.29, 0.717) is 35.4 Å². The molecule has 0 atom stereocenters. The number of nitrogens with zero attached hydrogens (tertiary/aromatic N) is 3. The molecule has 0 saturated heterocycles. The number of hydrogen-bond acceptors (Lipinski definition) is 8. The number of ether oxygens (including phenoxy) is 3. The minimum Gasteiger partial charge on any atom is -0.493 e. The van der Waals surface area contributed by atoms with E-state index in [0.717, 1.165) is 32.7 Å². The molecule has 1 N–H and O–H groups in total. The summed E-state index contributed by atoms with van der Waals surface area (Å²) in [4.78, 5) is 12.6. The molecule has 10 heteroatoms. The smallest absolute Gasteiger partial charge is 0.268 e. The Bertz CT molecular complexity index is 1300.